The maximum Gasteiger partial charge on any atom is 0.291 e. The SMILES string of the molecule is Cc1ncoc1C(=O)N1CC[C@@]2(CCCN(Cc3ccccc3F)C2)C1. The summed E-state index contributed by atoms with van der Waals surface area (Å²) >= 11 is 0. The van der Waals surface area contributed by atoms with E-state index in [0.29, 0.717) is 18.0 Å². The number of amides is 1. The van der Waals surface area contributed by atoms with Crippen molar-refractivity contribution in [3.63, 3.8) is 0 Å². The van der Waals surface area contributed by atoms with Gasteiger partial charge in [0.2, 0.25) is 5.76 Å². The monoisotopic (exact) mass is 357 g/mol. The quantitative estimate of drug-likeness (QED) is 0.846. The Morgan fingerprint density at radius 1 is 1.27 bits per heavy atom. The number of hydrogen-bond donors (Lipinski definition) is 0. The molecule has 26 heavy (non-hydrogen) atoms. The Balaban J connectivity index is 1.43. The van der Waals surface area contributed by atoms with Crippen molar-refractivity contribution in [2.24, 2.45) is 5.41 Å². The molecular formula is C20H24FN3O2. The molecule has 1 aromatic carbocycles. The number of piperidine rings is 1. The van der Waals surface area contributed by atoms with Gasteiger partial charge in [0.15, 0.2) is 6.39 Å². The second-order valence-corrected chi connectivity index (χ2v) is 7.65. The van der Waals surface area contributed by atoms with Gasteiger partial charge in [-0.2, -0.15) is 0 Å². The lowest BCUT2D eigenvalue weighted by Crippen LogP contribution is -2.45. The topological polar surface area (TPSA) is 49.6 Å². The molecule has 0 bridgehead atoms. The predicted molar refractivity (Wildman–Crippen MR) is 95.1 cm³/mol. The van der Waals surface area contributed by atoms with Gasteiger partial charge < -0.3 is 9.32 Å². The van der Waals surface area contributed by atoms with Crippen molar-refractivity contribution < 1.29 is 13.6 Å². The zero-order valence-corrected chi connectivity index (χ0v) is 15.1. The van der Waals surface area contributed by atoms with Crippen LogP contribution in [0.3, 0.4) is 0 Å². The Labute approximate surface area is 152 Å². The van der Waals surface area contributed by atoms with Crippen LogP contribution < -0.4 is 0 Å². The van der Waals surface area contributed by atoms with Crippen molar-refractivity contribution >= 4 is 5.91 Å². The second-order valence-electron chi connectivity index (χ2n) is 7.65. The first-order valence-corrected chi connectivity index (χ1v) is 9.21. The van der Waals surface area contributed by atoms with E-state index in [1.807, 2.05) is 17.0 Å². The molecule has 0 radical (unpaired) electrons. The fraction of sp³-hybridized carbons (Fsp3) is 0.500. The van der Waals surface area contributed by atoms with Crippen LogP contribution in [0.25, 0.3) is 0 Å². The largest absolute Gasteiger partial charge is 0.438 e. The summed E-state index contributed by atoms with van der Waals surface area (Å²) in [5.41, 5.74) is 1.49. The first-order chi connectivity index (χ1) is 12.6. The van der Waals surface area contributed by atoms with Gasteiger partial charge in [-0.05, 0) is 38.8 Å². The summed E-state index contributed by atoms with van der Waals surface area (Å²) in [7, 11) is 0. The van der Waals surface area contributed by atoms with Crippen molar-refractivity contribution in [2.75, 3.05) is 26.2 Å². The maximum absolute atomic E-state index is 14.0. The van der Waals surface area contributed by atoms with Crippen LogP contribution in [0.1, 0.15) is 41.1 Å². The van der Waals surface area contributed by atoms with E-state index in [2.05, 4.69) is 9.88 Å². The lowest BCUT2D eigenvalue weighted by atomic mass is 9.79. The number of oxazole rings is 1. The van der Waals surface area contributed by atoms with E-state index in [9.17, 15) is 9.18 Å². The fourth-order valence-corrected chi connectivity index (χ4v) is 4.40. The molecule has 1 amide bonds. The van der Waals surface area contributed by atoms with Gasteiger partial charge in [-0.3, -0.25) is 9.69 Å². The Morgan fingerprint density at radius 2 is 2.12 bits per heavy atom. The molecule has 0 saturated carbocycles. The number of hydrogen-bond acceptors (Lipinski definition) is 4. The number of likely N-dealkylation sites (tertiary alicyclic amines) is 2. The number of carbonyl (C=O) groups excluding carboxylic acids is 1. The van der Waals surface area contributed by atoms with Gasteiger partial charge in [-0.1, -0.05) is 18.2 Å². The highest BCUT2D eigenvalue weighted by atomic mass is 19.1. The van der Waals surface area contributed by atoms with Crippen molar-refractivity contribution in [3.8, 4) is 0 Å². The van der Waals surface area contributed by atoms with Crippen molar-refractivity contribution in [2.45, 2.75) is 32.7 Å². The van der Waals surface area contributed by atoms with Crippen LogP contribution in [-0.2, 0) is 6.54 Å². The van der Waals surface area contributed by atoms with Crippen molar-refractivity contribution in [1.82, 2.24) is 14.8 Å². The summed E-state index contributed by atoms with van der Waals surface area (Å²) in [6.07, 6.45) is 4.50. The molecule has 0 N–H and O–H groups in total. The van der Waals surface area contributed by atoms with Crippen molar-refractivity contribution in [3.05, 3.63) is 53.5 Å². The van der Waals surface area contributed by atoms with Crippen LogP contribution in [0, 0.1) is 18.2 Å². The molecule has 2 aliphatic heterocycles. The van der Waals surface area contributed by atoms with Gasteiger partial charge in [0.25, 0.3) is 5.91 Å². The average Bonchev–Trinajstić information content (AvgIpc) is 3.23. The molecule has 2 aromatic rings. The normalized spacial score (nSPS) is 23.7. The number of aryl methyl sites for hydroxylation is 1. The molecule has 2 fully saturated rings. The predicted octanol–water partition coefficient (Wildman–Crippen LogP) is 3.25. The van der Waals surface area contributed by atoms with Gasteiger partial charge in [-0.15, -0.1) is 0 Å². The smallest absolute Gasteiger partial charge is 0.291 e. The number of carbonyl (C=O) groups is 1. The summed E-state index contributed by atoms with van der Waals surface area (Å²) in [6.45, 7) is 5.78. The number of halogens is 1. The lowest BCUT2D eigenvalue weighted by Gasteiger charge is -2.40. The Morgan fingerprint density at radius 3 is 2.88 bits per heavy atom. The molecule has 3 heterocycles. The maximum atomic E-state index is 14.0. The third-order valence-electron chi connectivity index (χ3n) is 5.76. The molecule has 6 heteroatoms. The fourth-order valence-electron chi connectivity index (χ4n) is 4.40. The zero-order valence-electron chi connectivity index (χ0n) is 15.1. The standard InChI is InChI=1S/C20H24FN3O2/c1-15-18(26-14-22-15)19(25)24-10-8-20(13-24)7-4-9-23(12-20)11-16-5-2-3-6-17(16)21/h2-3,5-6,14H,4,7-13H2,1H3/t20-/m1/s1. The summed E-state index contributed by atoms with van der Waals surface area (Å²) < 4.78 is 19.3. The third-order valence-corrected chi connectivity index (χ3v) is 5.76. The minimum absolute atomic E-state index is 0.0666. The summed E-state index contributed by atoms with van der Waals surface area (Å²) in [6, 6.07) is 6.98. The van der Waals surface area contributed by atoms with Gasteiger partial charge in [0.1, 0.15) is 5.82 Å². The van der Waals surface area contributed by atoms with E-state index in [1.165, 1.54) is 12.5 Å². The molecule has 0 unspecified atom stereocenters. The molecule has 1 aromatic heterocycles. The summed E-state index contributed by atoms with van der Waals surface area (Å²) in [5, 5.41) is 0. The van der Waals surface area contributed by atoms with E-state index in [-0.39, 0.29) is 17.1 Å². The summed E-state index contributed by atoms with van der Waals surface area (Å²) in [4.78, 5) is 20.9. The average molecular weight is 357 g/mol. The molecular weight excluding hydrogens is 333 g/mol. The molecule has 1 spiro atoms. The van der Waals surface area contributed by atoms with Crippen LogP contribution in [0.4, 0.5) is 4.39 Å². The van der Waals surface area contributed by atoms with Crippen LogP contribution >= 0.6 is 0 Å². The van der Waals surface area contributed by atoms with Crippen LogP contribution in [0.5, 0.6) is 0 Å². The van der Waals surface area contributed by atoms with Crippen LogP contribution in [-0.4, -0.2) is 46.9 Å². The van der Waals surface area contributed by atoms with Crippen LogP contribution in [0.15, 0.2) is 35.1 Å². The number of aromatic nitrogens is 1. The lowest BCUT2D eigenvalue weighted by molar-refractivity contribution is 0.0649. The molecule has 4 rings (SSSR count). The third kappa shape index (κ3) is 3.26. The van der Waals surface area contributed by atoms with Crippen LogP contribution in [0.2, 0.25) is 0 Å². The van der Waals surface area contributed by atoms with Gasteiger partial charge in [0, 0.05) is 37.2 Å². The van der Waals surface area contributed by atoms with E-state index in [0.717, 1.165) is 51.0 Å². The number of rotatable bonds is 3. The molecule has 0 aliphatic carbocycles. The first kappa shape index (κ1) is 17.2. The second kappa shape index (κ2) is 6.83. The first-order valence-electron chi connectivity index (χ1n) is 9.21. The molecule has 1 atom stereocenters. The Kier molecular flexibility index (Phi) is 4.53. The highest BCUT2D eigenvalue weighted by molar-refractivity contribution is 5.92. The Bertz CT molecular complexity index is 806. The highest BCUT2D eigenvalue weighted by Crippen LogP contribution is 2.40. The number of nitrogens with zero attached hydrogens (tertiary/aromatic N) is 3. The minimum Gasteiger partial charge on any atom is -0.438 e. The summed E-state index contributed by atoms with van der Waals surface area (Å²) in [5.74, 6) is 0.139. The number of benzene rings is 1. The van der Waals surface area contributed by atoms with Crippen molar-refractivity contribution in [1.29, 1.82) is 0 Å². The van der Waals surface area contributed by atoms with Gasteiger partial charge in [0.05, 0.1) is 5.69 Å². The Hall–Kier alpha value is -2.21. The zero-order chi connectivity index (χ0) is 18.1. The minimum atomic E-state index is -0.142. The molecule has 2 saturated heterocycles. The molecule has 2 aliphatic rings. The van der Waals surface area contributed by atoms with E-state index in [4.69, 9.17) is 4.42 Å². The van der Waals surface area contributed by atoms with Gasteiger partial charge >= 0.3 is 0 Å². The highest BCUT2D eigenvalue weighted by Gasteiger charge is 2.43. The van der Waals surface area contributed by atoms with E-state index in [1.54, 1.807) is 13.0 Å². The van der Waals surface area contributed by atoms with E-state index >= 15 is 0 Å². The molecule has 5 nitrogen and oxygen atoms in total. The molecule has 138 valence electrons. The van der Waals surface area contributed by atoms with E-state index < -0.39 is 0 Å². The van der Waals surface area contributed by atoms with Gasteiger partial charge in [-0.25, -0.2) is 9.37 Å².